The molecule has 5 heteroatoms. The van der Waals surface area contributed by atoms with Crippen molar-refractivity contribution in [1.82, 2.24) is 0 Å². The first-order valence-corrected chi connectivity index (χ1v) is 5.71. The summed E-state index contributed by atoms with van der Waals surface area (Å²) in [5.41, 5.74) is 6.56. The number of hydrogen-bond acceptors (Lipinski definition) is 4. The normalized spacial score (nSPS) is 21.2. The molecule has 4 nitrogen and oxygen atoms in total. The van der Waals surface area contributed by atoms with E-state index in [1.807, 2.05) is 24.3 Å². The van der Waals surface area contributed by atoms with Gasteiger partial charge in [0.15, 0.2) is 0 Å². The van der Waals surface area contributed by atoms with E-state index in [4.69, 9.17) is 15.2 Å². The molecule has 0 amide bonds. The number of carbonyl (C=O) groups excluding carboxylic acids is 1. The lowest BCUT2D eigenvalue weighted by Gasteiger charge is -2.37. The molecule has 1 aromatic rings. The Hall–Kier alpha value is -1.26. The number of rotatable bonds is 3. The monoisotopic (exact) mass is 271 g/mol. The van der Waals surface area contributed by atoms with Gasteiger partial charge in [0, 0.05) is 17.5 Å². The Balaban J connectivity index is 0.00000162. The number of hydrogen-bond donors (Lipinski definition) is 1. The molecule has 1 aliphatic rings. The smallest absolute Gasteiger partial charge is 0.306 e. The van der Waals surface area contributed by atoms with Crippen LogP contribution in [0.2, 0.25) is 0 Å². The van der Waals surface area contributed by atoms with E-state index in [2.05, 4.69) is 0 Å². The van der Waals surface area contributed by atoms with Crippen LogP contribution in [-0.2, 0) is 14.9 Å². The van der Waals surface area contributed by atoms with Crippen molar-refractivity contribution in [3.8, 4) is 5.75 Å². The Labute approximate surface area is 113 Å². The third-order valence-electron chi connectivity index (χ3n) is 3.40. The van der Waals surface area contributed by atoms with Crippen molar-refractivity contribution < 1.29 is 14.3 Å². The molecule has 0 aromatic heterocycles. The van der Waals surface area contributed by atoms with E-state index in [9.17, 15) is 4.79 Å². The Morgan fingerprint density at radius 2 is 2.22 bits per heavy atom. The molecule has 0 saturated heterocycles. The molecule has 18 heavy (non-hydrogen) atoms. The summed E-state index contributed by atoms with van der Waals surface area (Å²) in [5, 5.41) is 0. The minimum Gasteiger partial charge on any atom is -0.493 e. The number of methoxy groups -OCH3 is 1. The maximum absolute atomic E-state index is 11.5. The molecule has 0 bridgehead atoms. The van der Waals surface area contributed by atoms with Gasteiger partial charge in [-0.1, -0.05) is 18.2 Å². The molecule has 0 spiro atoms. The quantitative estimate of drug-likeness (QED) is 0.849. The van der Waals surface area contributed by atoms with Crippen molar-refractivity contribution in [3.63, 3.8) is 0 Å². The molecule has 100 valence electrons. The SMILES string of the molecule is COC(=O)CC1(CN)CCOc2ccccc21.Cl. The molecule has 2 N–H and O–H groups in total. The van der Waals surface area contributed by atoms with Gasteiger partial charge in [0.1, 0.15) is 5.75 Å². The first-order valence-electron chi connectivity index (χ1n) is 5.71. The van der Waals surface area contributed by atoms with Crippen LogP contribution in [-0.4, -0.2) is 26.2 Å². The summed E-state index contributed by atoms with van der Waals surface area (Å²) < 4.78 is 10.3. The van der Waals surface area contributed by atoms with Crippen LogP contribution in [0.25, 0.3) is 0 Å². The molecule has 1 atom stereocenters. The molecule has 2 rings (SSSR count). The summed E-state index contributed by atoms with van der Waals surface area (Å²) in [6.45, 7) is 1.01. The lowest BCUT2D eigenvalue weighted by molar-refractivity contribution is -0.142. The van der Waals surface area contributed by atoms with Gasteiger partial charge in [0.25, 0.3) is 0 Å². The second-order valence-corrected chi connectivity index (χ2v) is 4.33. The van der Waals surface area contributed by atoms with E-state index in [0.29, 0.717) is 19.6 Å². The molecule has 1 aliphatic heterocycles. The molecule has 1 unspecified atom stereocenters. The summed E-state index contributed by atoms with van der Waals surface area (Å²) in [5.74, 6) is 0.597. The Bertz CT molecular complexity index is 424. The maximum Gasteiger partial charge on any atom is 0.306 e. The lowest BCUT2D eigenvalue weighted by atomic mass is 9.73. The second-order valence-electron chi connectivity index (χ2n) is 4.33. The van der Waals surface area contributed by atoms with Crippen molar-refractivity contribution in [1.29, 1.82) is 0 Å². The number of fused-ring (bicyclic) bond motifs is 1. The van der Waals surface area contributed by atoms with Crippen molar-refractivity contribution in [3.05, 3.63) is 29.8 Å². The number of halogens is 1. The van der Waals surface area contributed by atoms with E-state index >= 15 is 0 Å². The molecular formula is C13H18ClNO3. The highest BCUT2D eigenvalue weighted by Gasteiger charge is 2.38. The number of carbonyl (C=O) groups is 1. The largest absolute Gasteiger partial charge is 0.493 e. The van der Waals surface area contributed by atoms with E-state index in [-0.39, 0.29) is 23.8 Å². The minimum absolute atomic E-state index is 0. The molecule has 1 heterocycles. The van der Waals surface area contributed by atoms with Gasteiger partial charge < -0.3 is 15.2 Å². The van der Waals surface area contributed by atoms with Crippen LogP contribution in [0.1, 0.15) is 18.4 Å². The van der Waals surface area contributed by atoms with Crippen LogP contribution >= 0.6 is 12.4 Å². The summed E-state index contributed by atoms with van der Waals surface area (Å²) in [6.07, 6.45) is 1.05. The topological polar surface area (TPSA) is 61.5 Å². The fraction of sp³-hybridized carbons (Fsp3) is 0.462. The first-order chi connectivity index (χ1) is 8.22. The number of nitrogens with two attached hydrogens (primary N) is 1. The molecule has 0 radical (unpaired) electrons. The average Bonchev–Trinajstić information content (AvgIpc) is 2.39. The predicted octanol–water partition coefficient (Wildman–Crippen LogP) is 1.65. The highest BCUT2D eigenvalue weighted by atomic mass is 35.5. The van der Waals surface area contributed by atoms with Crippen molar-refractivity contribution in [2.24, 2.45) is 5.73 Å². The third-order valence-corrected chi connectivity index (χ3v) is 3.40. The summed E-state index contributed by atoms with van der Waals surface area (Å²) in [4.78, 5) is 11.5. The van der Waals surface area contributed by atoms with Crippen molar-refractivity contribution in [2.75, 3.05) is 20.3 Å². The highest BCUT2D eigenvalue weighted by molar-refractivity contribution is 5.85. The van der Waals surface area contributed by atoms with Gasteiger partial charge in [-0.05, 0) is 12.5 Å². The van der Waals surface area contributed by atoms with Gasteiger partial charge in [0.05, 0.1) is 20.1 Å². The van der Waals surface area contributed by atoms with Crippen LogP contribution in [0.4, 0.5) is 0 Å². The minimum atomic E-state index is -0.345. The molecule has 0 aliphatic carbocycles. The fourth-order valence-electron chi connectivity index (χ4n) is 2.34. The zero-order valence-corrected chi connectivity index (χ0v) is 11.2. The van der Waals surface area contributed by atoms with Gasteiger partial charge in [-0.2, -0.15) is 0 Å². The van der Waals surface area contributed by atoms with E-state index in [1.165, 1.54) is 7.11 Å². The van der Waals surface area contributed by atoms with Gasteiger partial charge >= 0.3 is 5.97 Å². The van der Waals surface area contributed by atoms with Gasteiger partial charge in [-0.3, -0.25) is 4.79 Å². The van der Waals surface area contributed by atoms with E-state index in [0.717, 1.165) is 17.7 Å². The Kier molecular flexibility index (Phi) is 4.99. The van der Waals surface area contributed by atoms with Crippen LogP contribution in [0.5, 0.6) is 5.75 Å². The predicted molar refractivity (Wildman–Crippen MR) is 71.2 cm³/mol. The lowest BCUT2D eigenvalue weighted by Crippen LogP contribution is -2.41. The number of ether oxygens (including phenoxy) is 2. The molecule has 0 fully saturated rings. The number of esters is 1. The van der Waals surface area contributed by atoms with Crippen LogP contribution in [0.15, 0.2) is 24.3 Å². The Morgan fingerprint density at radius 1 is 1.50 bits per heavy atom. The standard InChI is InChI=1S/C13H17NO3.ClH/c1-16-12(15)8-13(9-14)6-7-17-11-5-3-2-4-10(11)13;/h2-5H,6-9,14H2,1H3;1H. The van der Waals surface area contributed by atoms with Crippen molar-refractivity contribution in [2.45, 2.75) is 18.3 Å². The zero-order chi connectivity index (χ0) is 12.3. The maximum atomic E-state index is 11.5. The average molecular weight is 272 g/mol. The fourth-order valence-corrected chi connectivity index (χ4v) is 2.34. The molecular weight excluding hydrogens is 254 g/mol. The molecule has 1 aromatic carbocycles. The summed E-state index contributed by atoms with van der Waals surface area (Å²) >= 11 is 0. The van der Waals surface area contributed by atoms with Crippen LogP contribution in [0.3, 0.4) is 0 Å². The second kappa shape index (κ2) is 6.07. The zero-order valence-electron chi connectivity index (χ0n) is 10.3. The van der Waals surface area contributed by atoms with Crippen LogP contribution in [0, 0.1) is 0 Å². The Morgan fingerprint density at radius 3 is 2.89 bits per heavy atom. The number of benzene rings is 1. The molecule has 0 saturated carbocycles. The number of para-hydroxylation sites is 1. The third kappa shape index (κ3) is 2.60. The van der Waals surface area contributed by atoms with Gasteiger partial charge in [0.2, 0.25) is 0 Å². The van der Waals surface area contributed by atoms with E-state index in [1.54, 1.807) is 0 Å². The van der Waals surface area contributed by atoms with Crippen LogP contribution < -0.4 is 10.5 Å². The van der Waals surface area contributed by atoms with Gasteiger partial charge in [-0.15, -0.1) is 12.4 Å². The van der Waals surface area contributed by atoms with E-state index < -0.39 is 0 Å². The first kappa shape index (κ1) is 14.8. The van der Waals surface area contributed by atoms with Gasteiger partial charge in [-0.25, -0.2) is 0 Å². The van der Waals surface area contributed by atoms with Crippen molar-refractivity contribution >= 4 is 18.4 Å². The summed E-state index contributed by atoms with van der Waals surface area (Å²) in [6, 6.07) is 7.75. The summed E-state index contributed by atoms with van der Waals surface area (Å²) in [7, 11) is 1.40. The highest BCUT2D eigenvalue weighted by Crippen LogP contribution is 2.40.